The molecule has 0 heterocycles. The minimum atomic E-state index is 0.519. The molecule has 0 amide bonds. The van der Waals surface area contributed by atoms with E-state index in [9.17, 15) is 0 Å². The molecular formula is C27H57N. The van der Waals surface area contributed by atoms with Crippen LogP contribution in [0.15, 0.2) is 0 Å². The molecular weight excluding hydrogens is 338 g/mol. The lowest BCUT2D eigenvalue weighted by molar-refractivity contribution is 0.253. The zero-order valence-electron chi connectivity index (χ0n) is 20.8. The number of hydrogen-bond acceptors (Lipinski definition) is 1. The van der Waals surface area contributed by atoms with Crippen molar-refractivity contribution in [1.82, 2.24) is 4.90 Å². The van der Waals surface area contributed by atoms with Crippen LogP contribution in [0, 0.1) is 5.41 Å². The first-order valence-corrected chi connectivity index (χ1v) is 13.2. The van der Waals surface area contributed by atoms with E-state index in [1.165, 1.54) is 135 Å². The van der Waals surface area contributed by atoms with Crippen LogP contribution in [0.4, 0.5) is 0 Å². The minimum absolute atomic E-state index is 0.519. The fourth-order valence-electron chi connectivity index (χ4n) is 4.09. The third-order valence-electron chi connectivity index (χ3n) is 6.06. The van der Waals surface area contributed by atoms with Crippen molar-refractivity contribution in [3.63, 3.8) is 0 Å². The molecule has 1 heteroatoms. The van der Waals surface area contributed by atoms with Crippen LogP contribution in [0.5, 0.6) is 0 Å². The fraction of sp³-hybridized carbons (Fsp3) is 1.00. The van der Waals surface area contributed by atoms with E-state index < -0.39 is 0 Å². The molecule has 0 aromatic rings. The van der Waals surface area contributed by atoms with Crippen molar-refractivity contribution in [1.29, 1.82) is 0 Å². The lowest BCUT2D eigenvalue weighted by Gasteiger charge is -2.22. The Hall–Kier alpha value is -0.0400. The van der Waals surface area contributed by atoms with Gasteiger partial charge in [0.25, 0.3) is 0 Å². The maximum Gasteiger partial charge on any atom is -0.00187 e. The van der Waals surface area contributed by atoms with Crippen LogP contribution in [0.25, 0.3) is 0 Å². The van der Waals surface area contributed by atoms with Crippen LogP contribution in [0.1, 0.15) is 150 Å². The van der Waals surface area contributed by atoms with Crippen LogP contribution >= 0.6 is 0 Å². The minimum Gasteiger partial charge on any atom is -0.303 e. The van der Waals surface area contributed by atoms with Crippen LogP contribution < -0.4 is 0 Å². The lowest BCUT2D eigenvalue weighted by atomic mass is 9.89. The molecule has 0 aromatic heterocycles. The summed E-state index contributed by atoms with van der Waals surface area (Å²) in [6, 6.07) is 0. The molecule has 0 aliphatic rings. The molecule has 0 atom stereocenters. The van der Waals surface area contributed by atoms with Gasteiger partial charge in [-0.25, -0.2) is 0 Å². The van der Waals surface area contributed by atoms with Gasteiger partial charge in [0.15, 0.2) is 0 Å². The second-order valence-electron chi connectivity index (χ2n) is 10.5. The van der Waals surface area contributed by atoms with Gasteiger partial charge < -0.3 is 4.90 Å². The zero-order chi connectivity index (χ0) is 20.9. The van der Waals surface area contributed by atoms with Crippen molar-refractivity contribution in [3.8, 4) is 0 Å². The highest BCUT2D eigenvalue weighted by molar-refractivity contribution is 4.62. The molecule has 0 saturated heterocycles. The van der Waals surface area contributed by atoms with E-state index in [1.807, 2.05) is 0 Å². The molecule has 170 valence electrons. The maximum absolute atomic E-state index is 2.80. The van der Waals surface area contributed by atoms with Gasteiger partial charge in [-0.1, -0.05) is 125 Å². The lowest BCUT2D eigenvalue weighted by Crippen LogP contribution is -2.27. The highest BCUT2D eigenvalue weighted by Gasteiger charge is 2.09. The third-order valence-corrected chi connectivity index (χ3v) is 6.06. The predicted octanol–water partition coefficient (Wildman–Crippen LogP) is 9.40. The van der Waals surface area contributed by atoms with Crippen molar-refractivity contribution in [3.05, 3.63) is 0 Å². The number of nitrogens with zero attached hydrogens (tertiary/aromatic N) is 1. The SMILES string of the molecule is CCCCCCCCN(CCCCCCCC)CCCCCCCC(C)(C)C. The summed E-state index contributed by atoms with van der Waals surface area (Å²) in [4.78, 5) is 2.80. The van der Waals surface area contributed by atoms with Gasteiger partial charge in [0, 0.05) is 0 Å². The molecule has 0 fully saturated rings. The maximum atomic E-state index is 2.80. The van der Waals surface area contributed by atoms with E-state index in [0.29, 0.717) is 5.41 Å². The number of rotatable bonds is 21. The van der Waals surface area contributed by atoms with Gasteiger partial charge in [0.2, 0.25) is 0 Å². The van der Waals surface area contributed by atoms with Gasteiger partial charge in [0.05, 0.1) is 0 Å². The zero-order valence-corrected chi connectivity index (χ0v) is 20.8. The Bertz CT molecular complexity index is 275. The molecule has 0 N–H and O–H groups in total. The first-order valence-electron chi connectivity index (χ1n) is 13.2. The van der Waals surface area contributed by atoms with Crippen molar-refractivity contribution in [2.75, 3.05) is 19.6 Å². The topological polar surface area (TPSA) is 3.24 Å². The molecule has 0 aliphatic carbocycles. The average molecular weight is 396 g/mol. The first-order chi connectivity index (χ1) is 13.5. The molecule has 1 nitrogen and oxygen atoms in total. The summed E-state index contributed by atoms with van der Waals surface area (Å²) in [5.74, 6) is 0. The van der Waals surface area contributed by atoms with Gasteiger partial charge in [-0.05, 0) is 50.7 Å². The Morgan fingerprint density at radius 3 is 1.11 bits per heavy atom. The monoisotopic (exact) mass is 395 g/mol. The largest absolute Gasteiger partial charge is 0.303 e. The smallest absolute Gasteiger partial charge is 0.00187 e. The molecule has 0 bridgehead atoms. The summed E-state index contributed by atoms with van der Waals surface area (Å²) >= 11 is 0. The molecule has 0 aromatic carbocycles. The summed E-state index contributed by atoms with van der Waals surface area (Å²) in [7, 11) is 0. The Kier molecular flexibility index (Phi) is 20.2. The van der Waals surface area contributed by atoms with E-state index >= 15 is 0 Å². The quantitative estimate of drug-likeness (QED) is 0.175. The highest BCUT2D eigenvalue weighted by Crippen LogP contribution is 2.22. The molecule has 0 saturated carbocycles. The fourth-order valence-corrected chi connectivity index (χ4v) is 4.09. The van der Waals surface area contributed by atoms with E-state index in [4.69, 9.17) is 0 Å². The molecule has 0 radical (unpaired) electrons. The van der Waals surface area contributed by atoms with Gasteiger partial charge in [-0.15, -0.1) is 0 Å². The summed E-state index contributed by atoms with van der Waals surface area (Å²) < 4.78 is 0. The summed E-state index contributed by atoms with van der Waals surface area (Å²) in [6.45, 7) is 15.8. The van der Waals surface area contributed by atoms with E-state index in [2.05, 4.69) is 39.5 Å². The predicted molar refractivity (Wildman–Crippen MR) is 130 cm³/mol. The second kappa shape index (κ2) is 20.2. The van der Waals surface area contributed by atoms with Gasteiger partial charge in [-0.2, -0.15) is 0 Å². The Labute approximate surface area is 180 Å². The first kappa shape index (κ1) is 28.0. The normalized spacial score (nSPS) is 12.2. The van der Waals surface area contributed by atoms with Crippen molar-refractivity contribution < 1.29 is 0 Å². The van der Waals surface area contributed by atoms with E-state index in [-0.39, 0.29) is 0 Å². The van der Waals surface area contributed by atoms with Crippen LogP contribution in [-0.4, -0.2) is 24.5 Å². The standard InChI is InChI=1S/C27H57N/c1-6-8-10-12-16-20-24-28(25-21-17-13-11-9-7-2)26-22-18-14-15-19-23-27(3,4)5/h6-26H2,1-5H3. The molecule has 0 spiro atoms. The molecule has 0 rings (SSSR count). The molecule has 0 unspecified atom stereocenters. The van der Waals surface area contributed by atoms with Gasteiger partial charge >= 0.3 is 0 Å². The summed E-state index contributed by atoms with van der Waals surface area (Å²) in [5, 5.41) is 0. The number of hydrogen-bond donors (Lipinski definition) is 0. The third kappa shape index (κ3) is 22.3. The Balaban J connectivity index is 3.84. The Morgan fingerprint density at radius 2 is 0.750 bits per heavy atom. The second-order valence-corrected chi connectivity index (χ2v) is 10.5. The van der Waals surface area contributed by atoms with Crippen molar-refractivity contribution in [2.45, 2.75) is 150 Å². The van der Waals surface area contributed by atoms with Crippen LogP contribution in [0.2, 0.25) is 0 Å². The van der Waals surface area contributed by atoms with Gasteiger partial charge in [0.1, 0.15) is 0 Å². The van der Waals surface area contributed by atoms with E-state index in [0.717, 1.165) is 0 Å². The summed E-state index contributed by atoms with van der Waals surface area (Å²) in [6.07, 6.45) is 25.6. The highest BCUT2D eigenvalue weighted by atomic mass is 15.1. The molecule has 28 heavy (non-hydrogen) atoms. The van der Waals surface area contributed by atoms with Gasteiger partial charge in [-0.3, -0.25) is 0 Å². The Morgan fingerprint density at radius 1 is 0.429 bits per heavy atom. The van der Waals surface area contributed by atoms with Crippen molar-refractivity contribution >= 4 is 0 Å². The average Bonchev–Trinajstić information content (AvgIpc) is 2.64. The molecule has 0 aliphatic heterocycles. The van der Waals surface area contributed by atoms with Crippen LogP contribution in [0.3, 0.4) is 0 Å². The van der Waals surface area contributed by atoms with Crippen molar-refractivity contribution in [2.24, 2.45) is 5.41 Å². The van der Waals surface area contributed by atoms with E-state index in [1.54, 1.807) is 0 Å². The number of unbranched alkanes of at least 4 members (excludes halogenated alkanes) is 14. The summed E-state index contributed by atoms with van der Waals surface area (Å²) in [5.41, 5.74) is 0.519. The van der Waals surface area contributed by atoms with Crippen LogP contribution in [-0.2, 0) is 0 Å².